The molecule has 3 aliphatic carbocycles. The number of carbonyl (C=O) groups is 2. The van der Waals surface area contributed by atoms with Crippen LogP contribution in [-0.4, -0.2) is 99.9 Å². The molecule has 10 rings (SSSR count). The Bertz CT molecular complexity index is 3110. The number of carbonyl (C=O) groups excluding carboxylic acids is 2. The second-order valence-corrected chi connectivity index (χ2v) is 26.7. The Labute approximate surface area is 429 Å². The van der Waals surface area contributed by atoms with E-state index < -0.39 is 31.1 Å². The fourth-order valence-electron chi connectivity index (χ4n) is 11.1. The van der Waals surface area contributed by atoms with E-state index in [0.717, 1.165) is 79.9 Å². The number of hydrogen-bond acceptors (Lipinski definition) is 15. The Kier molecular flexibility index (Phi) is 14.2. The van der Waals surface area contributed by atoms with Crippen molar-refractivity contribution < 1.29 is 31.2 Å². The van der Waals surface area contributed by atoms with E-state index in [4.69, 9.17) is 14.7 Å². The van der Waals surface area contributed by atoms with E-state index >= 15 is 0 Å². The molecule has 3 saturated carbocycles. The number of amides is 2. The number of benzene rings is 3. The highest BCUT2D eigenvalue weighted by Gasteiger charge is 2.47. The van der Waals surface area contributed by atoms with Crippen molar-refractivity contribution in [1.29, 1.82) is 10.5 Å². The lowest BCUT2D eigenvalue weighted by Crippen LogP contribution is -2.42. The summed E-state index contributed by atoms with van der Waals surface area (Å²) in [6.45, 7) is 3.70. The molecule has 3 aromatic carbocycles. The molecule has 19 heteroatoms. The topological polar surface area (TPSA) is 216 Å². The average Bonchev–Trinajstić information content (AvgIpc) is 3.86. The highest BCUT2D eigenvalue weighted by molar-refractivity contribution is 7.91. The number of nitrogens with zero attached hydrogens (tertiary/aromatic N) is 6. The zero-order valence-corrected chi connectivity index (χ0v) is 43.5. The maximum atomic E-state index is 14.0. The SMILES string of the molecule is Cc1nc(C2CCC(c3ccc(Oc4nc(C5CCCCC5C(=O)NC5(C#N)CC5)c(-c5ccc(N6CCS(=O)(=O)CC6)cc5)s4)cc3)CC2C(=O)NCC#N)c(-c2ccc(N3CCS(=O)(=O)CC3)cc2)s1. The van der Waals surface area contributed by atoms with Crippen molar-refractivity contribution >= 4 is 65.5 Å². The fourth-order valence-corrected chi connectivity index (χ4v) is 15.5. The Morgan fingerprint density at radius 1 is 0.708 bits per heavy atom. The van der Waals surface area contributed by atoms with E-state index in [1.165, 1.54) is 11.3 Å². The van der Waals surface area contributed by atoms with Crippen LogP contribution in [0.5, 0.6) is 10.9 Å². The van der Waals surface area contributed by atoms with Crippen molar-refractivity contribution in [2.45, 2.75) is 88.0 Å². The number of ether oxygens (including phenoxy) is 1. The molecule has 5 aromatic rings. The standard InChI is InChI=1S/C53H58N8O7S4/c1-34-57-46(48(69-34)36-6-13-39(14-7-36)60-24-28-71(64,65)29-25-60)43-19-12-38(32-45(43)50(62)56-23-22-54)35-10-17-41(18-11-35)68-52-58-47(42-4-2-3-5-44(42)51(63)59-53(33-55)20-21-53)49(70-52)37-8-15-40(16-9-37)61-26-30-72(66,67)31-27-61/h6-11,13-18,38,42-45H,2-5,12,19-21,23-32H2,1H3,(H,56,62)(H,59,63). The molecular formula is C53H58N8O7S4. The molecule has 2 aromatic heterocycles. The van der Waals surface area contributed by atoms with Crippen molar-refractivity contribution in [1.82, 2.24) is 20.6 Å². The number of aryl methyl sites for hydroxylation is 1. The maximum absolute atomic E-state index is 14.0. The van der Waals surface area contributed by atoms with Crippen LogP contribution in [0.25, 0.3) is 20.9 Å². The number of nitrogens with one attached hydrogen (secondary N) is 2. The van der Waals surface area contributed by atoms with Gasteiger partial charge in [0.05, 0.1) is 61.3 Å². The molecule has 4 heterocycles. The number of thiazole rings is 2. The molecule has 5 atom stereocenters. The fraction of sp³-hybridized carbons (Fsp3) is 0.472. The van der Waals surface area contributed by atoms with E-state index in [1.54, 1.807) is 11.3 Å². The lowest BCUT2D eigenvalue weighted by molar-refractivity contribution is -0.127. The lowest BCUT2D eigenvalue weighted by atomic mass is 9.70. The first-order valence-corrected chi connectivity index (χ1v) is 30.2. The molecule has 5 aliphatic rings. The summed E-state index contributed by atoms with van der Waals surface area (Å²) in [5.74, 6) is -0.198. The number of rotatable bonds is 13. The highest BCUT2D eigenvalue weighted by Crippen LogP contribution is 2.50. The second-order valence-electron chi connectivity index (χ2n) is 20.0. The van der Waals surface area contributed by atoms with Gasteiger partial charge in [0.25, 0.3) is 5.19 Å². The van der Waals surface area contributed by atoms with Gasteiger partial charge in [-0.1, -0.05) is 60.6 Å². The zero-order valence-electron chi connectivity index (χ0n) is 40.2. The summed E-state index contributed by atoms with van der Waals surface area (Å²) in [5.41, 5.74) is 5.83. The number of anilines is 2. The van der Waals surface area contributed by atoms with Gasteiger partial charge in [0, 0.05) is 61.2 Å². The van der Waals surface area contributed by atoms with E-state index in [-0.39, 0.29) is 65.0 Å². The molecule has 72 heavy (non-hydrogen) atoms. The third kappa shape index (κ3) is 10.9. The molecule has 0 bridgehead atoms. The number of sulfone groups is 2. The van der Waals surface area contributed by atoms with Crippen LogP contribution >= 0.6 is 22.7 Å². The van der Waals surface area contributed by atoms with Gasteiger partial charge >= 0.3 is 0 Å². The van der Waals surface area contributed by atoms with Crippen LogP contribution in [0.2, 0.25) is 0 Å². The Morgan fingerprint density at radius 2 is 1.26 bits per heavy atom. The van der Waals surface area contributed by atoms with Crippen LogP contribution < -0.4 is 25.2 Å². The molecule has 2 amide bonds. The first-order valence-electron chi connectivity index (χ1n) is 24.9. The number of hydrogen-bond donors (Lipinski definition) is 2. The average molecular weight is 1050 g/mol. The molecule has 0 spiro atoms. The summed E-state index contributed by atoms with van der Waals surface area (Å²) in [4.78, 5) is 44.2. The van der Waals surface area contributed by atoms with Gasteiger partial charge in [0.2, 0.25) is 11.8 Å². The molecule has 15 nitrogen and oxygen atoms in total. The highest BCUT2D eigenvalue weighted by atomic mass is 32.2. The van der Waals surface area contributed by atoms with Crippen molar-refractivity contribution in [2.24, 2.45) is 11.8 Å². The van der Waals surface area contributed by atoms with Crippen molar-refractivity contribution in [2.75, 3.05) is 65.5 Å². The van der Waals surface area contributed by atoms with Crippen LogP contribution in [0, 0.1) is 41.4 Å². The molecule has 2 aliphatic heterocycles. The Morgan fingerprint density at radius 3 is 1.83 bits per heavy atom. The Hall–Kier alpha value is -5.86. The minimum atomic E-state index is -3.03. The van der Waals surface area contributed by atoms with E-state index in [0.29, 0.717) is 69.2 Å². The first kappa shape index (κ1) is 49.7. The number of aromatic nitrogens is 2. The largest absolute Gasteiger partial charge is 0.431 e. The summed E-state index contributed by atoms with van der Waals surface area (Å²) in [7, 11) is -6.03. The predicted octanol–water partition coefficient (Wildman–Crippen LogP) is 8.26. The third-order valence-corrected chi connectivity index (χ3v) is 20.5. The third-order valence-electron chi connectivity index (χ3n) is 15.3. The van der Waals surface area contributed by atoms with E-state index in [2.05, 4.69) is 44.7 Å². The molecule has 5 unspecified atom stereocenters. The monoisotopic (exact) mass is 1050 g/mol. The lowest BCUT2D eigenvalue weighted by Gasteiger charge is -2.35. The van der Waals surface area contributed by atoms with Crippen LogP contribution in [-0.2, 0) is 29.3 Å². The first-order chi connectivity index (χ1) is 34.7. The van der Waals surface area contributed by atoms with Gasteiger partial charge in [-0.25, -0.2) is 26.8 Å². The molecular weight excluding hydrogens is 989 g/mol. The van der Waals surface area contributed by atoms with E-state index in [9.17, 15) is 36.9 Å². The normalized spacial score (nSPS) is 24.3. The van der Waals surface area contributed by atoms with Crippen molar-refractivity contribution in [3.8, 4) is 44.0 Å². The molecule has 2 saturated heterocycles. The van der Waals surface area contributed by atoms with Gasteiger partial charge in [-0.05, 0) is 111 Å². The quantitative estimate of drug-likeness (QED) is 0.106. The molecule has 0 radical (unpaired) electrons. The second kappa shape index (κ2) is 20.6. The summed E-state index contributed by atoms with van der Waals surface area (Å²) in [6.07, 6.45) is 6.74. The molecule has 2 N–H and O–H groups in total. The minimum Gasteiger partial charge on any atom is -0.431 e. The smallest absolute Gasteiger partial charge is 0.279 e. The van der Waals surface area contributed by atoms with Crippen LogP contribution in [0.15, 0.2) is 72.8 Å². The van der Waals surface area contributed by atoms with Crippen LogP contribution in [0.4, 0.5) is 11.4 Å². The van der Waals surface area contributed by atoms with Crippen molar-refractivity contribution in [3.63, 3.8) is 0 Å². The van der Waals surface area contributed by atoms with Gasteiger partial charge < -0.3 is 25.2 Å². The van der Waals surface area contributed by atoms with Crippen LogP contribution in [0.3, 0.4) is 0 Å². The van der Waals surface area contributed by atoms with Gasteiger partial charge in [-0.2, -0.15) is 10.5 Å². The summed E-state index contributed by atoms with van der Waals surface area (Å²) >= 11 is 3.03. The summed E-state index contributed by atoms with van der Waals surface area (Å²) < 4.78 is 54.9. The van der Waals surface area contributed by atoms with E-state index in [1.807, 2.05) is 67.6 Å². The summed E-state index contributed by atoms with van der Waals surface area (Å²) in [5, 5.41) is 26.5. The Balaban J connectivity index is 0.879. The summed E-state index contributed by atoms with van der Waals surface area (Å²) in [6, 6.07) is 28.6. The van der Waals surface area contributed by atoms with Gasteiger partial charge in [0.15, 0.2) is 19.7 Å². The minimum absolute atomic E-state index is 0.0597. The maximum Gasteiger partial charge on any atom is 0.279 e. The number of nitriles is 2. The van der Waals surface area contributed by atoms with Crippen LogP contribution in [0.1, 0.15) is 97.5 Å². The van der Waals surface area contributed by atoms with Gasteiger partial charge in [0.1, 0.15) is 17.8 Å². The van der Waals surface area contributed by atoms with Crippen molar-refractivity contribution in [3.05, 3.63) is 94.8 Å². The van der Waals surface area contributed by atoms with Gasteiger partial charge in [-0.15, -0.1) is 11.3 Å². The van der Waals surface area contributed by atoms with Gasteiger partial charge in [-0.3, -0.25) is 9.59 Å². The molecule has 376 valence electrons. The zero-order chi connectivity index (χ0) is 50.2. The molecule has 5 fully saturated rings. The predicted molar refractivity (Wildman–Crippen MR) is 280 cm³/mol.